The Hall–Kier alpha value is -3.08. The Bertz CT molecular complexity index is 796. The third-order valence-electron chi connectivity index (χ3n) is 3.51. The molecule has 0 radical (unpaired) electrons. The normalized spacial score (nSPS) is 10.4. The number of nitrogens with one attached hydrogen (secondary N) is 1. The van der Waals surface area contributed by atoms with Crippen LogP contribution in [0.1, 0.15) is 12.0 Å². The van der Waals surface area contributed by atoms with Crippen LogP contribution in [0.2, 0.25) is 0 Å². The first-order chi connectivity index (χ1) is 11.7. The predicted octanol–water partition coefficient (Wildman–Crippen LogP) is 3.59. The number of benzene rings is 2. The molecule has 0 aliphatic heterocycles. The maximum atomic E-state index is 12.0. The highest BCUT2D eigenvalue weighted by molar-refractivity contribution is 5.90. The molecular formula is C19H19N3O2. The van der Waals surface area contributed by atoms with Gasteiger partial charge in [0.05, 0.1) is 18.7 Å². The van der Waals surface area contributed by atoms with Crippen LogP contribution in [0.4, 0.5) is 5.69 Å². The van der Waals surface area contributed by atoms with Crippen LogP contribution in [0.3, 0.4) is 0 Å². The van der Waals surface area contributed by atoms with Crippen LogP contribution in [-0.4, -0.2) is 22.3 Å². The minimum Gasteiger partial charge on any atom is -0.493 e. The molecule has 3 aromatic rings. The van der Waals surface area contributed by atoms with E-state index in [-0.39, 0.29) is 5.91 Å². The van der Waals surface area contributed by atoms with Crippen molar-refractivity contribution in [3.63, 3.8) is 0 Å². The predicted molar refractivity (Wildman–Crippen MR) is 93.5 cm³/mol. The van der Waals surface area contributed by atoms with E-state index in [1.165, 1.54) is 0 Å². The summed E-state index contributed by atoms with van der Waals surface area (Å²) in [6, 6.07) is 17.2. The monoisotopic (exact) mass is 321 g/mol. The Morgan fingerprint density at radius 1 is 1.17 bits per heavy atom. The van der Waals surface area contributed by atoms with E-state index < -0.39 is 0 Å². The van der Waals surface area contributed by atoms with Gasteiger partial charge in [0.1, 0.15) is 5.75 Å². The number of rotatable bonds is 6. The van der Waals surface area contributed by atoms with Gasteiger partial charge >= 0.3 is 0 Å². The quantitative estimate of drug-likeness (QED) is 0.755. The summed E-state index contributed by atoms with van der Waals surface area (Å²) in [5, 5.41) is 7.03. The minimum absolute atomic E-state index is 0.0745. The van der Waals surface area contributed by atoms with Crippen molar-refractivity contribution >= 4 is 11.6 Å². The molecule has 0 fully saturated rings. The van der Waals surface area contributed by atoms with E-state index in [9.17, 15) is 4.79 Å². The highest BCUT2D eigenvalue weighted by Crippen LogP contribution is 2.14. The number of carbonyl (C=O) groups is 1. The molecule has 0 bridgehead atoms. The van der Waals surface area contributed by atoms with Crippen molar-refractivity contribution in [2.45, 2.75) is 13.3 Å². The average Bonchev–Trinajstić information content (AvgIpc) is 3.10. The SMILES string of the molecule is Cc1cccc(OCCC(=O)Nc2ccc(-n3cccn3)cc2)c1. The van der Waals surface area contributed by atoms with Crippen LogP contribution in [0.5, 0.6) is 5.75 Å². The minimum atomic E-state index is -0.0745. The summed E-state index contributed by atoms with van der Waals surface area (Å²) in [6.07, 6.45) is 3.90. The molecule has 0 saturated heterocycles. The summed E-state index contributed by atoms with van der Waals surface area (Å²) in [7, 11) is 0. The third-order valence-corrected chi connectivity index (χ3v) is 3.51. The molecule has 5 heteroatoms. The van der Waals surface area contributed by atoms with Crippen molar-refractivity contribution in [2.24, 2.45) is 0 Å². The van der Waals surface area contributed by atoms with Gasteiger partial charge in [0.15, 0.2) is 0 Å². The van der Waals surface area contributed by atoms with Crippen molar-refractivity contribution in [3.05, 3.63) is 72.6 Å². The Morgan fingerprint density at radius 2 is 2.00 bits per heavy atom. The van der Waals surface area contributed by atoms with E-state index in [2.05, 4.69) is 10.4 Å². The first-order valence-corrected chi connectivity index (χ1v) is 7.80. The fourth-order valence-corrected chi connectivity index (χ4v) is 2.31. The molecule has 0 aliphatic rings. The lowest BCUT2D eigenvalue weighted by Gasteiger charge is -2.08. The molecular weight excluding hydrogens is 302 g/mol. The molecule has 5 nitrogen and oxygen atoms in total. The van der Waals surface area contributed by atoms with Crippen LogP contribution in [0.15, 0.2) is 67.0 Å². The topological polar surface area (TPSA) is 56.1 Å². The fourth-order valence-electron chi connectivity index (χ4n) is 2.31. The number of nitrogens with zero attached hydrogens (tertiary/aromatic N) is 2. The van der Waals surface area contributed by atoms with Crippen LogP contribution < -0.4 is 10.1 Å². The first kappa shape index (κ1) is 15.8. The van der Waals surface area contributed by atoms with Gasteiger partial charge < -0.3 is 10.1 Å². The summed E-state index contributed by atoms with van der Waals surface area (Å²) in [4.78, 5) is 12.0. The van der Waals surface area contributed by atoms with Crippen molar-refractivity contribution < 1.29 is 9.53 Å². The molecule has 122 valence electrons. The second kappa shape index (κ2) is 7.46. The number of aryl methyl sites for hydroxylation is 1. The van der Waals surface area contributed by atoms with Gasteiger partial charge in [0.25, 0.3) is 0 Å². The smallest absolute Gasteiger partial charge is 0.227 e. The molecule has 1 heterocycles. The number of anilines is 1. The Labute approximate surface area is 140 Å². The molecule has 2 aromatic carbocycles. The molecule has 24 heavy (non-hydrogen) atoms. The standard InChI is InChI=1S/C19H19N3O2/c1-15-4-2-5-18(14-15)24-13-10-19(23)21-16-6-8-17(9-7-16)22-12-3-11-20-22/h2-9,11-12,14H,10,13H2,1H3,(H,21,23). The van der Waals surface area contributed by atoms with E-state index in [4.69, 9.17) is 4.74 Å². The highest BCUT2D eigenvalue weighted by atomic mass is 16.5. The largest absolute Gasteiger partial charge is 0.493 e. The van der Waals surface area contributed by atoms with Crippen LogP contribution in [-0.2, 0) is 4.79 Å². The maximum Gasteiger partial charge on any atom is 0.227 e. The number of carbonyl (C=O) groups excluding carboxylic acids is 1. The van der Waals surface area contributed by atoms with Gasteiger partial charge in [-0.25, -0.2) is 4.68 Å². The lowest BCUT2D eigenvalue weighted by atomic mass is 10.2. The van der Waals surface area contributed by atoms with Gasteiger partial charge in [-0.15, -0.1) is 0 Å². The zero-order valence-electron chi connectivity index (χ0n) is 13.5. The average molecular weight is 321 g/mol. The van der Waals surface area contributed by atoms with E-state index in [0.717, 1.165) is 22.7 Å². The van der Waals surface area contributed by atoms with Crippen LogP contribution in [0.25, 0.3) is 5.69 Å². The van der Waals surface area contributed by atoms with Crippen molar-refractivity contribution in [3.8, 4) is 11.4 Å². The summed E-state index contributed by atoms with van der Waals surface area (Å²) >= 11 is 0. The second-order valence-corrected chi connectivity index (χ2v) is 5.46. The number of aromatic nitrogens is 2. The molecule has 0 atom stereocenters. The van der Waals surface area contributed by atoms with Crippen LogP contribution >= 0.6 is 0 Å². The van der Waals surface area contributed by atoms with Gasteiger partial charge in [-0.05, 0) is 55.0 Å². The van der Waals surface area contributed by atoms with E-state index >= 15 is 0 Å². The highest BCUT2D eigenvalue weighted by Gasteiger charge is 2.04. The second-order valence-electron chi connectivity index (χ2n) is 5.46. The Kier molecular flexibility index (Phi) is 4.91. The van der Waals surface area contributed by atoms with Crippen molar-refractivity contribution in [1.29, 1.82) is 0 Å². The number of ether oxygens (including phenoxy) is 1. The summed E-state index contributed by atoms with van der Waals surface area (Å²) < 4.78 is 7.36. The maximum absolute atomic E-state index is 12.0. The molecule has 0 saturated carbocycles. The molecule has 1 amide bonds. The molecule has 3 rings (SSSR count). The number of hydrogen-bond donors (Lipinski definition) is 1. The van der Waals surface area contributed by atoms with Crippen LogP contribution in [0, 0.1) is 6.92 Å². The van der Waals surface area contributed by atoms with Gasteiger partial charge in [0.2, 0.25) is 5.91 Å². The van der Waals surface area contributed by atoms with Gasteiger partial charge in [-0.2, -0.15) is 5.10 Å². The van der Waals surface area contributed by atoms with E-state index in [1.54, 1.807) is 10.9 Å². The van der Waals surface area contributed by atoms with E-state index in [0.29, 0.717) is 13.0 Å². The van der Waals surface area contributed by atoms with Crippen molar-refractivity contribution in [1.82, 2.24) is 9.78 Å². The Morgan fingerprint density at radius 3 is 2.71 bits per heavy atom. The molecule has 1 aromatic heterocycles. The van der Waals surface area contributed by atoms with Gasteiger partial charge in [-0.1, -0.05) is 12.1 Å². The summed E-state index contributed by atoms with van der Waals surface area (Å²) in [5.41, 5.74) is 2.83. The molecule has 0 aliphatic carbocycles. The van der Waals surface area contributed by atoms with Gasteiger partial charge in [-0.3, -0.25) is 4.79 Å². The lowest BCUT2D eigenvalue weighted by Crippen LogP contribution is -2.15. The number of amides is 1. The Balaban J connectivity index is 1.48. The van der Waals surface area contributed by atoms with Gasteiger partial charge in [0, 0.05) is 18.1 Å². The number of hydrogen-bond acceptors (Lipinski definition) is 3. The molecule has 0 spiro atoms. The lowest BCUT2D eigenvalue weighted by molar-refractivity contribution is -0.116. The summed E-state index contributed by atoms with van der Waals surface area (Å²) in [6.45, 7) is 2.35. The third kappa shape index (κ3) is 4.23. The fraction of sp³-hybridized carbons (Fsp3) is 0.158. The van der Waals surface area contributed by atoms with E-state index in [1.807, 2.05) is 67.7 Å². The van der Waals surface area contributed by atoms with Crippen molar-refractivity contribution in [2.75, 3.05) is 11.9 Å². The molecule has 1 N–H and O–H groups in total. The zero-order chi connectivity index (χ0) is 16.8. The first-order valence-electron chi connectivity index (χ1n) is 7.80. The molecule has 0 unspecified atom stereocenters. The zero-order valence-corrected chi connectivity index (χ0v) is 13.5. The summed E-state index contributed by atoms with van der Waals surface area (Å²) in [5.74, 6) is 0.709.